The van der Waals surface area contributed by atoms with Crippen molar-refractivity contribution < 1.29 is 14.6 Å². The van der Waals surface area contributed by atoms with Gasteiger partial charge in [0, 0.05) is 19.7 Å². The average Bonchev–Trinajstić information content (AvgIpc) is 3.01. The number of likely N-dealkylation sites (N-methyl/N-ethyl adjacent to an activating group) is 1. The lowest BCUT2D eigenvalue weighted by molar-refractivity contribution is -0.0238. The maximum Gasteiger partial charge on any atom is 0.0991 e. The summed E-state index contributed by atoms with van der Waals surface area (Å²) >= 11 is 0. The SMILES string of the molecule is CN(Cc1ccc(C#N)cc1)CC(O)COCC1CCCO1. The van der Waals surface area contributed by atoms with Crippen molar-refractivity contribution in [2.75, 3.05) is 33.4 Å². The smallest absolute Gasteiger partial charge is 0.0991 e. The summed E-state index contributed by atoms with van der Waals surface area (Å²) in [5.74, 6) is 0. The molecular formula is C17H24N2O3. The summed E-state index contributed by atoms with van der Waals surface area (Å²) in [5, 5.41) is 18.8. The van der Waals surface area contributed by atoms with Gasteiger partial charge in [-0.2, -0.15) is 5.26 Å². The second-order valence-electron chi connectivity index (χ2n) is 5.83. The minimum atomic E-state index is -0.509. The molecule has 0 aromatic heterocycles. The quantitative estimate of drug-likeness (QED) is 0.789. The van der Waals surface area contributed by atoms with Crippen molar-refractivity contribution in [2.24, 2.45) is 0 Å². The van der Waals surface area contributed by atoms with Crippen molar-refractivity contribution in [3.63, 3.8) is 0 Å². The number of nitriles is 1. The monoisotopic (exact) mass is 304 g/mol. The summed E-state index contributed by atoms with van der Waals surface area (Å²) in [6.45, 7) is 3.00. The second-order valence-corrected chi connectivity index (χ2v) is 5.83. The van der Waals surface area contributed by atoms with Crippen LogP contribution in [0.4, 0.5) is 0 Å². The van der Waals surface area contributed by atoms with E-state index < -0.39 is 6.10 Å². The second kappa shape index (κ2) is 8.86. The van der Waals surface area contributed by atoms with Gasteiger partial charge in [-0.15, -0.1) is 0 Å². The summed E-state index contributed by atoms with van der Waals surface area (Å²) in [6.07, 6.45) is 1.84. The third-order valence-corrected chi connectivity index (χ3v) is 3.70. The lowest BCUT2D eigenvalue weighted by atomic mass is 10.1. The van der Waals surface area contributed by atoms with Gasteiger partial charge in [0.1, 0.15) is 0 Å². The molecule has 2 atom stereocenters. The average molecular weight is 304 g/mol. The minimum absolute atomic E-state index is 0.198. The van der Waals surface area contributed by atoms with Crippen LogP contribution in [0.5, 0.6) is 0 Å². The Morgan fingerprint density at radius 2 is 2.23 bits per heavy atom. The Bertz CT molecular complexity index is 478. The molecule has 1 heterocycles. The fourth-order valence-corrected chi connectivity index (χ4v) is 2.58. The third kappa shape index (κ3) is 5.74. The molecule has 2 rings (SSSR count). The van der Waals surface area contributed by atoms with Gasteiger partial charge in [0.05, 0.1) is 37.1 Å². The molecule has 5 heteroatoms. The summed E-state index contributed by atoms with van der Waals surface area (Å²) in [5.41, 5.74) is 1.78. The normalized spacial score (nSPS) is 19.3. The molecule has 1 saturated heterocycles. The zero-order chi connectivity index (χ0) is 15.8. The first-order chi connectivity index (χ1) is 10.7. The molecule has 1 aliphatic rings. The number of ether oxygens (including phenoxy) is 2. The number of hydrogen-bond acceptors (Lipinski definition) is 5. The number of nitrogens with zero attached hydrogens (tertiary/aromatic N) is 2. The molecule has 120 valence electrons. The molecule has 0 spiro atoms. The molecule has 0 amide bonds. The van der Waals surface area contributed by atoms with Crippen LogP contribution in [0.25, 0.3) is 0 Å². The van der Waals surface area contributed by atoms with Crippen LogP contribution in [0.2, 0.25) is 0 Å². The van der Waals surface area contributed by atoms with Crippen molar-refractivity contribution in [1.29, 1.82) is 5.26 Å². The molecule has 0 bridgehead atoms. The van der Waals surface area contributed by atoms with Crippen molar-refractivity contribution in [3.8, 4) is 6.07 Å². The molecule has 0 aliphatic carbocycles. The largest absolute Gasteiger partial charge is 0.389 e. The molecular weight excluding hydrogens is 280 g/mol. The van der Waals surface area contributed by atoms with Crippen LogP contribution < -0.4 is 0 Å². The van der Waals surface area contributed by atoms with Crippen LogP contribution in [0.15, 0.2) is 24.3 Å². The van der Waals surface area contributed by atoms with E-state index in [9.17, 15) is 5.11 Å². The number of aliphatic hydroxyl groups excluding tert-OH is 1. The lowest BCUT2D eigenvalue weighted by Gasteiger charge is -2.21. The predicted molar refractivity (Wildman–Crippen MR) is 83.3 cm³/mol. The minimum Gasteiger partial charge on any atom is -0.389 e. The van der Waals surface area contributed by atoms with Gasteiger partial charge in [-0.25, -0.2) is 0 Å². The van der Waals surface area contributed by atoms with E-state index in [0.29, 0.717) is 25.3 Å². The van der Waals surface area contributed by atoms with Gasteiger partial charge in [0.15, 0.2) is 0 Å². The van der Waals surface area contributed by atoms with Gasteiger partial charge in [0.2, 0.25) is 0 Å². The van der Waals surface area contributed by atoms with Crippen molar-refractivity contribution in [1.82, 2.24) is 4.90 Å². The van der Waals surface area contributed by atoms with E-state index in [-0.39, 0.29) is 6.10 Å². The number of hydrogen-bond donors (Lipinski definition) is 1. The Hall–Kier alpha value is -1.45. The van der Waals surface area contributed by atoms with E-state index >= 15 is 0 Å². The fourth-order valence-electron chi connectivity index (χ4n) is 2.58. The zero-order valence-electron chi connectivity index (χ0n) is 13.1. The van der Waals surface area contributed by atoms with Crippen molar-refractivity contribution in [3.05, 3.63) is 35.4 Å². The zero-order valence-corrected chi connectivity index (χ0v) is 13.1. The highest BCUT2D eigenvalue weighted by Crippen LogP contribution is 2.12. The molecule has 0 radical (unpaired) electrons. The van der Waals surface area contributed by atoms with Gasteiger partial charge in [-0.3, -0.25) is 4.90 Å². The molecule has 0 saturated carbocycles. The van der Waals surface area contributed by atoms with Gasteiger partial charge in [-0.1, -0.05) is 12.1 Å². The molecule has 1 N–H and O–H groups in total. The molecule has 2 unspecified atom stereocenters. The Morgan fingerprint density at radius 3 is 2.86 bits per heavy atom. The first-order valence-electron chi connectivity index (χ1n) is 7.72. The van der Waals surface area contributed by atoms with E-state index in [0.717, 1.165) is 31.6 Å². The van der Waals surface area contributed by atoms with Gasteiger partial charge in [-0.05, 0) is 37.6 Å². The lowest BCUT2D eigenvalue weighted by Crippen LogP contribution is -2.32. The molecule has 1 aliphatic heterocycles. The highest BCUT2D eigenvalue weighted by molar-refractivity contribution is 5.31. The first-order valence-corrected chi connectivity index (χ1v) is 7.72. The number of benzene rings is 1. The van der Waals surface area contributed by atoms with E-state index in [1.807, 2.05) is 36.2 Å². The molecule has 22 heavy (non-hydrogen) atoms. The number of rotatable bonds is 8. The number of aliphatic hydroxyl groups is 1. The highest BCUT2D eigenvalue weighted by atomic mass is 16.5. The predicted octanol–water partition coefficient (Wildman–Crippen LogP) is 1.55. The van der Waals surface area contributed by atoms with Crippen LogP contribution in [0, 0.1) is 11.3 Å². The van der Waals surface area contributed by atoms with Crippen molar-refractivity contribution in [2.45, 2.75) is 31.6 Å². The summed E-state index contributed by atoms with van der Waals surface area (Å²) in [6, 6.07) is 9.60. The van der Waals surface area contributed by atoms with E-state index in [4.69, 9.17) is 14.7 Å². The summed E-state index contributed by atoms with van der Waals surface area (Å²) in [4.78, 5) is 2.04. The van der Waals surface area contributed by atoms with Crippen LogP contribution in [-0.2, 0) is 16.0 Å². The van der Waals surface area contributed by atoms with E-state index in [2.05, 4.69) is 6.07 Å². The Labute approximate surface area is 132 Å². The summed E-state index contributed by atoms with van der Waals surface area (Å²) < 4.78 is 11.0. The van der Waals surface area contributed by atoms with Crippen LogP contribution in [-0.4, -0.2) is 55.6 Å². The fraction of sp³-hybridized carbons (Fsp3) is 0.588. The van der Waals surface area contributed by atoms with Crippen LogP contribution in [0.3, 0.4) is 0 Å². The van der Waals surface area contributed by atoms with Gasteiger partial charge >= 0.3 is 0 Å². The van der Waals surface area contributed by atoms with Crippen LogP contribution in [0.1, 0.15) is 24.0 Å². The molecule has 1 aromatic rings. The van der Waals surface area contributed by atoms with Crippen molar-refractivity contribution >= 4 is 0 Å². The van der Waals surface area contributed by atoms with E-state index in [1.54, 1.807) is 0 Å². The standard InChI is InChI=1S/C17H24N2O3/c1-19(10-15-6-4-14(9-18)5-7-15)11-16(20)12-21-13-17-3-2-8-22-17/h4-7,16-17,20H,2-3,8,10-13H2,1H3. The van der Waals surface area contributed by atoms with E-state index in [1.165, 1.54) is 0 Å². The molecule has 1 aromatic carbocycles. The third-order valence-electron chi connectivity index (χ3n) is 3.70. The van der Waals surface area contributed by atoms with Gasteiger partial charge < -0.3 is 14.6 Å². The Kier molecular flexibility index (Phi) is 6.81. The Balaban J connectivity index is 1.64. The topological polar surface area (TPSA) is 65.7 Å². The maximum absolute atomic E-state index is 10.0. The highest BCUT2D eigenvalue weighted by Gasteiger charge is 2.16. The van der Waals surface area contributed by atoms with Gasteiger partial charge in [0.25, 0.3) is 0 Å². The Morgan fingerprint density at radius 1 is 1.45 bits per heavy atom. The molecule has 5 nitrogen and oxygen atoms in total. The maximum atomic E-state index is 10.0. The molecule has 1 fully saturated rings. The first kappa shape index (κ1) is 16.9. The van der Waals surface area contributed by atoms with Crippen LogP contribution >= 0.6 is 0 Å². The summed E-state index contributed by atoms with van der Waals surface area (Å²) in [7, 11) is 1.96.